The summed E-state index contributed by atoms with van der Waals surface area (Å²) in [5.41, 5.74) is 5.88. The average molecular weight is 379 g/mol. The Morgan fingerprint density at radius 2 is 2.04 bits per heavy atom. The second-order valence-corrected chi connectivity index (χ2v) is 7.56. The highest BCUT2D eigenvalue weighted by Crippen LogP contribution is 2.37. The van der Waals surface area contributed by atoms with Gasteiger partial charge in [0.15, 0.2) is 0 Å². The summed E-state index contributed by atoms with van der Waals surface area (Å²) in [5.74, 6) is -1.19. The quantitative estimate of drug-likeness (QED) is 0.593. The van der Waals surface area contributed by atoms with Crippen molar-refractivity contribution in [3.8, 4) is 11.3 Å². The first-order chi connectivity index (χ1) is 12.8. The van der Waals surface area contributed by atoms with Crippen LogP contribution in [0.1, 0.15) is 37.9 Å². The van der Waals surface area contributed by atoms with Crippen molar-refractivity contribution < 1.29 is 14.7 Å². The molecule has 0 atom stereocenters. The molecule has 1 aromatic carbocycles. The Morgan fingerprint density at radius 1 is 1.26 bits per heavy atom. The van der Waals surface area contributed by atoms with Crippen molar-refractivity contribution >= 4 is 40.5 Å². The Balaban J connectivity index is 1.82. The number of aromatic nitrogens is 2. The van der Waals surface area contributed by atoms with Crippen molar-refractivity contribution in [1.29, 1.82) is 0 Å². The molecular weight excluding hydrogens is 362 g/mol. The van der Waals surface area contributed by atoms with Gasteiger partial charge in [-0.3, -0.25) is 4.79 Å². The van der Waals surface area contributed by atoms with Crippen LogP contribution in [0.5, 0.6) is 0 Å². The summed E-state index contributed by atoms with van der Waals surface area (Å²) in [4.78, 5) is 31.5. The molecular formula is C20H17N3O3S. The number of carbonyl (C=O) groups excluding carboxylic acids is 1. The van der Waals surface area contributed by atoms with Crippen LogP contribution >= 0.6 is 11.3 Å². The Kier molecular flexibility index (Phi) is 3.96. The van der Waals surface area contributed by atoms with Gasteiger partial charge in [-0.15, -0.1) is 11.3 Å². The number of rotatable bonds is 3. The maximum absolute atomic E-state index is 12.5. The number of carbonyl (C=O) groups is 2. The summed E-state index contributed by atoms with van der Waals surface area (Å²) in [6.45, 7) is 5.40. The first-order valence-corrected chi connectivity index (χ1v) is 9.25. The van der Waals surface area contributed by atoms with Crippen LogP contribution in [0, 0.1) is 20.8 Å². The molecule has 0 saturated heterocycles. The summed E-state index contributed by atoms with van der Waals surface area (Å²) in [6.07, 6.45) is 1.71. The van der Waals surface area contributed by atoms with E-state index < -0.39 is 5.97 Å². The number of anilines is 1. The van der Waals surface area contributed by atoms with Crippen LogP contribution in [-0.4, -0.2) is 27.0 Å². The first kappa shape index (κ1) is 17.2. The summed E-state index contributed by atoms with van der Waals surface area (Å²) in [6, 6.07) is 5.74. The van der Waals surface area contributed by atoms with Gasteiger partial charge >= 0.3 is 5.97 Å². The van der Waals surface area contributed by atoms with Gasteiger partial charge in [0.05, 0.1) is 21.8 Å². The van der Waals surface area contributed by atoms with Crippen molar-refractivity contribution in [3.63, 3.8) is 0 Å². The number of fused-ring (bicyclic) bond motifs is 1. The van der Waals surface area contributed by atoms with E-state index in [1.807, 2.05) is 30.5 Å². The number of aryl methyl sites for hydroxylation is 2. The fourth-order valence-corrected chi connectivity index (χ4v) is 3.99. The van der Waals surface area contributed by atoms with Crippen molar-refractivity contribution in [2.75, 3.05) is 5.32 Å². The monoisotopic (exact) mass is 379 g/mol. The molecule has 0 radical (unpaired) electrons. The van der Waals surface area contributed by atoms with E-state index in [0.717, 1.165) is 27.5 Å². The molecule has 2 aromatic heterocycles. The highest BCUT2D eigenvalue weighted by Gasteiger charge is 2.26. The number of hydrogen-bond donors (Lipinski definition) is 3. The van der Waals surface area contributed by atoms with Gasteiger partial charge in [-0.25, -0.2) is 9.78 Å². The third-order valence-electron chi connectivity index (χ3n) is 4.70. The number of hydrogen-bond acceptors (Lipinski definition) is 4. The van der Waals surface area contributed by atoms with Crippen molar-refractivity contribution in [2.45, 2.75) is 20.8 Å². The number of amides is 1. The molecule has 4 rings (SSSR count). The number of H-pyrrole nitrogens is 1. The highest BCUT2D eigenvalue weighted by atomic mass is 32.1. The molecule has 6 nitrogen and oxygen atoms in total. The summed E-state index contributed by atoms with van der Waals surface area (Å²) in [5, 5.41) is 15.2. The van der Waals surface area contributed by atoms with E-state index >= 15 is 0 Å². The van der Waals surface area contributed by atoms with Crippen LogP contribution in [0.15, 0.2) is 23.6 Å². The number of aromatic amines is 1. The van der Waals surface area contributed by atoms with E-state index in [-0.39, 0.29) is 11.5 Å². The van der Waals surface area contributed by atoms with Crippen molar-refractivity contribution in [1.82, 2.24) is 9.97 Å². The molecule has 3 heterocycles. The van der Waals surface area contributed by atoms with E-state index in [0.29, 0.717) is 22.5 Å². The van der Waals surface area contributed by atoms with Gasteiger partial charge in [0, 0.05) is 33.6 Å². The normalized spacial score (nSPS) is 14.5. The number of carboxylic acids is 1. The van der Waals surface area contributed by atoms with Crippen LogP contribution in [-0.2, 0) is 4.79 Å². The lowest BCUT2D eigenvalue weighted by Crippen LogP contribution is -2.03. The molecule has 0 saturated carbocycles. The van der Waals surface area contributed by atoms with E-state index in [4.69, 9.17) is 0 Å². The predicted octanol–water partition coefficient (Wildman–Crippen LogP) is 4.25. The zero-order valence-electron chi connectivity index (χ0n) is 15.0. The molecule has 136 valence electrons. The topological polar surface area (TPSA) is 95.1 Å². The molecule has 27 heavy (non-hydrogen) atoms. The largest absolute Gasteiger partial charge is 0.478 e. The van der Waals surface area contributed by atoms with E-state index in [2.05, 4.69) is 15.3 Å². The molecule has 1 amide bonds. The maximum atomic E-state index is 12.5. The van der Waals surface area contributed by atoms with Crippen molar-refractivity contribution in [3.05, 3.63) is 56.7 Å². The first-order valence-electron chi connectivity index (χ1n) is 8.37. The Labute approximate surface area is 159 Å². The predicted molar refractivity (Wildman–Crippen MR) is 106 cm³/mol. The second kappa shape index (κ2) is 6.21. The third-order valence-corrected chi connectivity index (χ3v) is 5.47. The van der Waals surface area contributed by atoms with Gasteiger partial charge in [-0.1, -0.05) is 6.07 Å². The molecule has 7 heteroatoms. The number of aromatic carboxylic acids is 1. The lowest BCUT2D eigenvalue weighted by molar-refractivity contribution is -0.110. The summed E-state index contributed by atoms with van der Waals surface area (Å²) < 4.78 is 0. The minimum atomic E-state index is -0.983. The Bertz CT molecular complexity index is 1140. The average Bonchev–Trinajstić information content (AvgIpc) is 3.25. The van der Waals surface area contributed by atoms with Gasteiger partial charge in [0.1, 0.15) is 0 Å². The molecule has 0 fully saturated rings. The number of carboxylic acid groups (broad SMARTS) is 1. The molecule has 1 aliphatic rings. The third kappa shape index (κ3) is 2.86. The van der Waals surface area contributed by atoms with Crippen LogP contribution in [0.3, 0.4) is 0 Å². The van der Waals surface area contributed by atoms with Gasteiger partial charge in [-0.05, 0) is 44.5 Å². The van der Waals surface area contributed by atoms with Crippen LogP contribution in [0.4, 0.5) is 5.69 Å². The molecule has 0 spiro atoms. The highest BCUT2D eigenvalue weighted by molar-refractivity contribution is 7.09. The zero-order chi connectivity index (χ0) is 19.3. The van der Waals surface area contributed by atoms with E-state index in [9.17, 15) is 14.7 Å². The Morgan fingerprint density at radius 3 is 2.67 bits per heavy atom. The van der Waals surface area contributed by atoms with Gasteiger partial charge in [0.2, 0.25) is 0 Å². The molecule has 0 aliphatic carbocycles. The van der Waals surface area contributed by atoms with Gasteiger partial charge < -0.3 is 15.4 Å². The SMILES string of the molecule is Cc1nc(-c2ccc3c(c2)C(=Cc2[nH]c(C)c(C(=O)O)c2C)C(=O)N3)cs1. The van der Waals surface area contributed by atoms with E-state index in [1.54, 1.807) is 31.3 Å². The number of nitrogens with one attached hydrogen (secondary N) is 2. The van der Waals surface area contributed by atoms with E-state index in [1.165, 1.54) is 0 Å². The zero-order valence-corrected chi connectivity index (χ0v) is 15.8. The molecule has 0 bridgehead atoms. The standard InChI is InChI=1S/C20H17N3O3S/c1-9-16(21-10(2)18(9)20(25)26)7-14-13-6-12(17-8-27-11(3)22-17)4-5-15(13)23-19(14)24/h4-8,21H,1-3H3,(H,23,24)(H,25,26). The van der Waals surface area contributed by atoms with Gasteiger partial charge in [0.25, 0.3) is 5.91 Å². The smallest absolute Gasteiger partial charge is 0.337 e. The van der Waals surface area contributed by atoms with Crippen LogP contribution in [0.25, 0.3) is 22.9 Å². The fourth-order valence-electron chi connectivity index (χ4n) is 3.37. The lowest BCUT2D eigenvalue weighted by Gasteiger charge is -2.03. The minimum Gasteiger partial charge on any atom is -0.478 e. The number of thiazole rings is 1. The molecule has 3 N–H and O–H groups in total. The Hall–Kier alpha value is -3.19. The minimum absolute atomic E-state index is 0.208. The number of benzene rings is 1. The summed E-state index contributed by atoms with van der Waals surface area (Å²) in [7, 11) is 0. The summed E-state index contributed by atoms with van der Waals surface area (Å²) >= 11 is 1.58. The van der Waals surface area contributed by atoms with Crippen molar-refractivity contribution in [2.24, 2.45) is 0 Å². The molecule has 3 aromatic rings. The fraction of sp³-hybridized carbons (Fsp3) is 0.150. The maximum Gasteiger partial charge on any atom is 0.337 e. The molecule has 0 unspecified atom stereocenters. The van der Waals surface area contributed by atoms with Crippen LogP contribution < -0.4 is 5.32 Å². The number of nitrogens with zero attached hydrogens (tertiary/aromatic N) is 1. The van der Waals surface area contributed by atoms with Crippen LogP contribution in [0.2, 0.25) is 0 Å². The second-order valence-electron chi connectivity index (χ2n) is 6.49. The molecule has 1 aliphatic heterocycles. The lowest BCUT2D eigenvalue weighted by atomic mass is 10.0. The van der Waals surface area contributed by atoms with Gasteiger partial charge in [-0.2, -0.15) is 0 Å².